The molecule has 8 rings (SSSR count). The number of amides is 5. The van der Waals surface area contributed by atoms with Crippen molar-refractivity contribution in [2.45, 2.75) is 58.7 Å². The fourth-order valence-electron chi connectivity index (χ4n) is 7.64. The molecule has 0 aliphatic carbocycles. The molecule has 5 amide bonds. The predicted octanol–water partition coefficient (Wildman–Crippen LogP) is 3.24. The Morgan fingerprint density at radius 2 is 1.76 bits per heavy atom. The van der Waals surface area contributed by atoms with Gasteiger partial charge in [-0.1, -0.05) is 29.8 Å². The Labute approximate surface area is 325 Å². The largest absolute Gasteiger partial charge is 0.376 e. The zero-order valence-corrected chi connectivity index (χ0v) is 32.1. The van der Waals surface area contributed by atoms with Crippen LogP contribution in [0.2, 0.25) is 5.02 Å². The van der Waals surface area contributed by atoms with Gasteiger partial charge in [0, 0.05) is 77.0 Å². The molecule has 0 spiro atoms. The highest BCUT2D eigenvalue weighted by atomic mass is 35.5. The number of piperidine rings is 1. The van der Waals surface area contributed by atoms with Gasteiger partial charge in [-0.25, -0.2) is 5.01 Å². The zero-order valence-electron chi connectivity index (χ0n) is 30.5. The fraction of sp³-hybridized carbons (Fsp3) is 0.368. The minimum atomic E-state index is -0.724. The molecule has 284 valence electrons. The summed E-state index contributed by atoms with van der Waals surface area (Å²) in [6.45, 7) is 7.92. The first kappa shape index (κ1) is 36.5. The third-order valence-corrected chi connectivity index (χ3v) is 12.1. The minimum absolute atomic E-state index is 0.0531. The van der Waals surface area contributed by atoms with Gasteiger partial charge in [-0.15, -0.1) is 21.5 Å². The molecule has 2 aromatic carbocycles. The van der Waals surface area contributed by atoms with Crippen LogP contribution in [0.25, 0.3) is 5.00 Å². The number of carbonyl (C=O) groups excluding carboxylic acids is 5. The van der Waals surface area contributed by atoms with E-state index in [0.717, 1.165) is 33.2 Å². The summed E-state index contributed by atoms with van der Waals surface area (Å²) in [5.41, 5.74) is 8.52. The van der Waals surface area contributed by atoms with Crippen LogP contribution in [0.1, 0.15) is 74.4 Å². The molecule has 4 aliphatic rings. The van der Waals surface area contributed by atoms with E-state index in [-0.39, 0.29) is 56.0 Å². The molecule has 15 nitrogen and oxygen atoms in total. The number of anilines is 1. The molecular formula is C38H39ClN10O5S. The molecule has 3 N–H and O–H groups in total. The number of halogens is 1. The molecule has 4 aromatic rings. The van der Waals surface area contributed by atoms with Gasteiger partial charge in [-0.05, 0) is 57.0 Å². The van der Waals surface area contributed by atoms with Crippen LogP contribution < -0.4 is 16.1 Å². The molecule has 2 saturated heterocycles. The Hall–Kier alpha value is -5.45. The van der Waals surface area contributed by atoms with Crippen molar-refractivity contribution in [3.05, 3.63) is 91.8 Å². The van der Waals surface area contributed by atoms with Crippen LogP contribution >= 0.6 is 22.9 Å². The van der Waals surface area contributed by atoms with E-state index in [1.54, 1.807) is 39.4 Å². The SMILES string of the molecule is Cc1sc2c(c1C)C(c1ccc(Cl)cc1)=N[C@@H](CC(=O)N1CCN(NC(=O)CNc3cccc4c3CN(C3CCC(=O)NC3=O)C4=O)CC1)c1nnc(C)n1-2. The van der Waals surface area contributed by atoms with Crippen molar-refractivity contribution in [1.82, 2.24) is 40.3 Å². The van der Waals surface area contributed by atoms with Crippen LogP contribution in [0, 0.1) is 20.8 Å². The number of aliphatic imine (C=N–C) groups is 1. The number of piperazine rings is 1. The van der Waals surface area contributed by atoms with Gasteiger partial charge in [0.25, 0.3) is 11.8 Å². The van der Waals surface area contributed by atoms with Gasteiger partial charge in [-0.2, -0.15) is 0 Å². The standard InChI is InChI=1S/C38H39ClN10O5S/c1-20-21(2)55-38-33(20)34(23-7-9-24(39)10-8-23)41-28(35-44-43-22(3)49(35)38)17-32(52)46-13-15-47(16-14-46)45-31(51)18-40-27-6-4-5-25-26(27)19-48(37(25)54)29-11-12-30(50)42-36(29)53/h4-10,28-29,40H,11-19H2,1-3H3,(H,45,51)(H,42,50,53)/t28-,29?/m0/s1. The van der Waals surface area contributed by atoms with Gasteiger partial charge in [0.2, 0.25) is 17.7 Å². The summed E-state index contributed by atoms with van der Waals surface area (Å²) in [4.78, 5) is 73.9. The topological polar surface area (TPSA) is 174 Å². The second-order valence-corrected chi connectivity index (χ2v) is 15.7. The highest BCUT2D eigenvalue weighted by Gasteiger charge is 2.40. The number of hydrogen-bond donors (Lipinski definition) is 3. The van der Waals surface area contributed by atoms with E-state index >= 15 is 0 Å². The van der Waals surface area contributed by atoms with Gasteiger partial charge in [0.15, 0.2) is 5.82 Å². The molecule has 1 unspecified atom stereocenters. The normalized spacial score (nSPS) is 19.6. The first-order chi connectivity index (χ1) is 26.5. The number of nitrogens with zero attached hydrogens (tertiary/aromatic N) is 7. The van der Waals surface area contributed by atoms with Gasteiger partial charge < -0.3 is 15.1 Å². The van der Waals surface area contributed by atoms with Gasteiger partial charge in [-0.3, -0.25) is 44.3 Å². The Balaban J connectivity index is 0.895. The summed E-state index contributed by atoms with van der Waals surface area (Å²) >= 11 is 7.90. The van der Waals surface area contributed by atoms with Crippen LogP contribution in [0.5, 0.6) is 0 Å². The highest BCUT2D eigenvalue weighted by Crippen LogP contribution is 2.40. The summed E-state index contributed by atoms with van der Waals surface area (Å²) in [5, 5.41) is 17.8. The lowest BCUT2D eigenvalue weighted by Crippen LogP contribution is -2.55. The Morgan fingerprint density at radius 3 is 2.51 bits per heavy atom. The summed E-state index contributed by atoms with van der Waals surface area (Å²) in [7, 11) is 0. The molecule has 55 heavy (non-hydrogen) atoms. The smallest absolute Gasteiger partial charge is 0.255 e. The highest BCUT2D eigenvalue weighted by molar-refractivity contribution is 7.15. The molecule has 0 saturated carbocycles. The monoisotopic (exact) mass is 782 g/mol. The van der Waals surface area contributed by atoms with Crippen molar-refractivity contribution in [3.8, 4) is 5.00 Å². The average molecular weight is 783 g/mol. The molecule has 17 heteroatoms. The maximum absolute atomic E-state index is 13.9. The van der Waals surface area contributed by atoms with E-state index < -0.39 is 18.0 Å². The third kappa shape index (κ3) is 6.89. The van der Waals surface area contributed by atoms with E-state index in [4.69, 9.17) is 16.6 Å². The minimum Gasteiger partial charge on any atom is -0.376 e. The number of aromatic nitrogens is 3. The number of fused-ring (bicyclic) bond motifs is 4. The lowest BCUT2D eigenvalue weighted by Gasteiger charge is -2.35. The van der Waals surface area contributed by atoms with Gasteiger partial charge >= 0.3 is 0 Å². The number of hydrazine groups is 1. The average Bonchev–Trinajstić information content (AvgIpc) is 3.78. The van der Waals surface area contributed by atoms with Crippen molar-refractivity contribution in [2.75, 3.05) is 38.0 Å². The molecule has 2 fully saturated rings. The molecule has 0 bridgehead atoms. The number of aryl methyl sites for hydroxylation is 2. The summed E-state index contributed by atoms with van der Waals surface area (Å²) in [6, 6.07) is 11.5. The molecular weight excluding hydrogens is 744 g/mol. The van der Waals surface area contributed by atoms with Crippen LogP contribution in [-0.4, -0.2) is 104 Å². The van der Waals surface area contributed by atoms with Crippen molar-refractivity contribution in [3.63, 3.8) is 0 Å². The van der Waals surface area contributed by atoms with Crippen molar-refractivity contribution in [2.24, 2.45) is 4.99 Å². The predicted molar refractivity (Wildman–Crippen MR) is 205 cm³/mol. The van der Waals surface area contributed by atoms with Crippen molar-refractivity contribution < 1.29 is 24.0 Å². The van der Waals surface area contributed by atoms with Gasteiger partial charge in [0.1, 0.15) is 22.9 Å². The van der Waals surface area contributed by atoms with E-state index in [1.807, 2.05) is 35.8 Å². The molecule has 0 radical (unpaired) electrons. The quantitative estimate of drug-likeness (QED) is 0.227. The maximum Gasteiger partial charge on any atom is 0.255 e. The van der Waals surface area contributed by atoms with E-state index in [2.05, 4.69) is 40.1 Å². The Morgan fingerprint density at radius 1 is 1.00 bits per heavy atom. The Bertz CT molecular complexity index is 2280. The first-order valence-electron chi connectivity index (χ1n) is 18.2. The maximum atomic E-state index is 13.9. The number of thiophene rings is 1. The van der Waals surface area contributed by atoms with E-state index in [9.17, 15) is 24.0 Å². The lowest BCUT2D eigenvalue weighted by molar-refractivity contribution is -0.137. The number of hydrogen-bond acceptors (Lipinski definition) is 11. The lowest BCUT2D eigenvalue weighted by atomic mass is 9.99. The summed E-state index contributed by atoms with van der Waals surface area (Å²) in [6.07, 6.45) is 0.542. The molecule has 2 atom stereocenters. The van der Waals surface area contributed by atoms with Crippen LogP contribution in [0.3, 0.4) is 0 Å². The summed E-state index contributed by atoms with van der Waals surface area (Å²) < 4.78 is 2.03. The molecule has 2 aromatic heterocycles. The van der Waals surface area contributed by atoms with Gasteiger partial charge in [0.05, 0.1) is 18.7 Å². The van der Waals surface area contributed by atoms with Crippen molar-refractivity contribution >= 4 is 63.9 Å². The second kappa shape index (κ2) is 14.7. The van der Waals surface area contributed by atoms with E-state index in [0.29, 0.717) is 53.8 Å². The van der Waals surface area contributed by atoms with Crippen molar-refractivity contribution in [1.29, 1.82) is 0 Å². The second-order valence-electron chi connectivity index (χ2n) is 14.1. The van der Waals surface area contributed by atoms with Crippen LogP contribution in [0.4, 0.5) is 5.69 Å². The fourth-order valence-corrected chi connectivity index (χ4v) is 8.98. The Kier molecular flexibility index (Phi) is 9.73. The third-order valence-electron chi connectivity index (χ3n) is 10.7. The number of rotatable bonds is 8. The molecule has 4 aliphatic heterocycles. The van der Waals surface area contributed by atoms with E-state index in [1.165, 1.54) is 9.78 Å². The number of benzene rings is 2. The first-order valence-corrected chi connectivity index (χ1v) is 19.3. The zero-order chi connectivity index (χ0) is 38.5. The number of imide groups is 1. The molecule has 6 heterocycles. The number of carbonyl (C=O) groups is 5. The number of nitrogens with one attached hydrogen (secondary N) is 3. The summed E-state index contributed by atoms with van der Waals surface area (Å²) in [5.74, 6) is -0.106. The van der Waals surface area contributed by atoms with Crippen LogP contribution in [-0.2, 0) is 25.7 Å². The van der Waals surface area contributed by atoms with Crippen LogP contribution in [0.15, 0.2) is 47.5 Å².